The summed E-state index contributed by atoms with van der Waals surface area (Å²) in [5, 5.41) is 2.78. The number of halogens is 1. The van der Waals surface area contributed by atoms with E-state index in [0.717, 1.165) is 16.7 Å². The van der Waals surface area contributed by atoms with Crippen molar-refractivity contribution in [2.75, 3.05) is 11.3 Å². The lowest BCUT2D eigenvalue weighted by Crippen LogP contribution is -2.26. The van der Waals surface area contributed by atoms with Gasteiger partial charge in [0.05, 0.1) is 10.6 Å². The minimum Gasteiger partial charge on any atom is -0.352 e. The van der Waals surface area contributed by atoms with Crippen molar-refractivity contribution in [2.24, 2.45) is 0 Å². The molecule has 1 amide bonds. The minimum absolute atomic E-state index is 0.0552. The van der Waals surface area contributed by atoms with E-state index < -0.39 is 10.0 Å². The second-order valence-corrected chi connectivity index (χ2v) is 9.12. The van der Waals surface area contributed by atoms with Gasteiger partial charge < -0.3 is 5.32 Å². The van der Waals surface area contributed by atoms with Crippen molar-refractivity contribution in [3.63, 3.8) is 0 Å². The topological polar surface area (TPSA) is 75.3 Å². The summed E-state index contributed by atoms with van der Waals surface area (Å²) in [6, 6.07) is 16.1. The quantitative estimate of drug-likeness (QED) is 0.567. The van der Waals surface area contributed by atoms with Crippen LogP contribution in [0.25, 0.3) is 0 Å². The number of carbonyl (C=O) groups excluding carboxylic acids is 1. The zero-order valence-electron chi connectivity index (χ0n) is 17.7. The first kappa shape index (κ1) is 22.5. The van der Waals surface area contributed by atoms with Gasteiger partial charge >= 0.3 is 0 Å². The van der Waals surface area contributed by atoms with Crippen LogP contribution >= 0.6 is 0 Å². The Bertz CT molecular complexity index is 1210. The number of carbonyl (C=O) groups is 1. The third-order valence-electron chi connectivity index (χ3n) is 5.20. The minimum atomic E-state index is -3.87. The Morgan fingerprint density at radius 2 is 1.65 bits per heavy atom. The molecule has 0 aliphatic rings. The molecule has 31 heavy (non-hydrogen) atoms. The molecular weight excluding hydrogens is 415 g/mol. The molecule has 5 nitrogen and oxygen atoms in total. The monoisotopic (exact) mass is 440 g/mol. The van der Waals surface area contributed by atoms with E-state index in [2.05, 4.69) is 10.0 Å². The Morgan fingerprint density at radius 3 is 2.35 bits per heavy atom. The molecule has 0 radical (unpaired) electrons. The molecule has 0 saturated heterocycles. The van der Waals surface area contributed by atoms with Crippen molar-refractivity contribution in [3.05, 3.63) is 94.3 Å². The first-order valence-corrected chi connectivity index (χ1v) is 11.4. The summed E-state index contributed by atoms with van der Waals surface area (Å²) in [6.07, 6.45) is 0.539. The third-order valence-corrected chi connectivity index (χ3v) is 6.71. The maximum atomic E-state index is 13.0. The van der Waals surface area contributed by atoms with Gasteiger partial charge in [0, 0.05) is 12.1 Å². The summed E-state index contributed by atoms with van der Waals surface area (Å²) < 4.78 is 41.6. The number of amides is 1. The molecule has 0 bridgehead atoms. The second kappa shape index (κ2) is 9.31. The second-order valence-electron chi connectivity index (χ2n) is 7.47. The summed E-state index contributed by atoms with van der Waals surface area (Å²) in [7, 11) is -3.87. The van der Waals surface area contributed by atoms with Gasteiger partial charge in [-0.1, -0.05) is 30.3 Å². The van der Waals surface area contributed by atoms with Crippen molar-refractivity contribution in [1.29, 1.82) is 0 Å². The van der Waals surface area contributed by atoms with E-state index in [1.54, 1.807) is 43.3 Å². The SMILES string of the molecule is Cc1ccc(C(=O)NCCc2ccc(F)cc2)cc1S(=O)(=O)Nc1cccc(C)c1C. The predicted molar refractivity (Wildman–Crippen MR) is 120 cm³/mol. The highest BCUT2D eigenvalue weighted by Gasteiger charge is 2.20. The molecule has 0 unspecified atom stereocenters. The van der Waals surface area contributed by atoms with Crippen LogP contribution in [0.5, 0.6) is 0 Å². The van der Waals surface area contributed by atoms with E-state index in [-0.39, 0.29) is 22.2 Å². The lowest BCUT2D eigenvalue weighted by atomic mass is 10.1. The maximum Gasteiger partial charge on any atom is 0.262 e. The van der Waals surface area contributed by atoms with Gasteiger partial charge in [-0.25, -0.2) is 12.8 Å². The molecule has 3 rings (SSSR count). The van der Waals surface area contributed by atoms with Gasteiger partial charge in [0.15, 0.2) is 0 Å². The molecule has 7 heteroatoms. The van der Waals surface area contributed by atoms with Gasteiger partial charge in [-0.2, -0.15) is 0 Å². The molecule has 2 N–H and O–H groups in total. The Balaban J connectivity index is 1.74. The van der Waals surface area contributed by atoms with Crippen molar-refractivity contribution in [2.45, 2.75) is 32.1 Å². The molecule has 0 saturated carbocycles. The highest BCUT2D eigenvalue weighted by Crippen LogP contribution is 2.24. The lowest BCUT2D eigenvalue weighted by Gasteiger charge is -2.14. The highest BCUT2D eigenvalue weighted by molar-refractivity contribution is 7.92. The average Bonchev–Trinajstić information content (AvgIpc) is 2.73. The number of sulfonamides is 1. The van der Waals surface area contributed by atoms with E-state index in [1.165, 1.54) is 18.2 Å². The normalized spacial score (nSPS) is 11.2. The fraction of sp³-hybridized carbons (Fsp3) is 0.208. The largest absolute Gasteiger partial charge is 0.352 e. The number of rotatable bonds is 7. The molecule has 3 aromatic carbocycles. The Labute approximate surface area is 182 Å². The van der Waals surface area contributed by atoms with Gasteiger partial charge in [0.25, 0.3) is 15.9 Å². The molecule has 0 fully saturated rings. The molecule has 0 spiro atoms. The number of nitrogens with one attached hydrogen (secondary N) is 2. The summed E-state index contributed by atoms with van der Waals surface area (Å²) in [5.41, 5.74) is 4.02. The fourth-order valence-corrected chi connectivity index (χ4v) is 4.56. The van der Waals surface area contributed by atoms with Crippen LogP contribution in [0, 0.1) is 26.6 Å². The van der Waals surface area contributed by atoms with Crippen molar-refractivity contribution in [1.82, 2.24) is 5.32 Å². The van der Waals surface area contributed by atoms with Crippen LogP contribution in [0.1, 0.15) is 32.6 Å². The van der Waals surface area contributed by atoms with Crippen molar-refractivity contribution in [3.8, 4) is 0 Å². The molecule has 0 aliphatic heterocycles. The molecule has 3 aromatic rings. The van der Waals surface area contributed by atoms with Crippen LogP contribution in [0.2, 0.25) is 0 Å². The number of hydrogen-bond acceptors (Lipinski definition) is 3. The van der Waals surface area contributed by atoms with Gasteiger partial charge in [0.1, 0.15) is 5.82 Å². The first-order valence-electron chi connectivity index (χ1n) is 9.90. The molecule has 0 aliphatic carbocycles. The third kappa shape index (κ3) is 5.49. The van der Waals surface area contributed by atoms with Crippen LogP contribution in [0.15, 0.2) is 65.6 Å². The Kier molecular flexibility index (Phi) is 6.75. The number of aryl methyl sites for hydroxylation is 2. The van der Waals surface area contributed by atoms with Crippen LogP contribution in [-0.4, -0.2) is 20.9 Å². The Morgan fingerprint density at radius 1 is 0.935 bits per heavy atom. The van der Waals surface area contributed by atoms with Crippen molar-refractivity contribution < 1.29 is 17.6 Å². The van der Waals surface area contributed by atoms with E-state index in [4.69, 9.17) is 0 Å². The zero-order valence-corrected chi connectivity index (χ0v) is 18.5. The van der Waals surface area contributed by atoms with E-state index >= 15 is 0 Å². The van der Waals surface area contributed by atoms with Crippen LogP contribution in [0.4, 0.5) is 10.1 Å². The van der Waals surface area contributed by atoms with Gasteiger partial charge in [-0.15, -0.1) is 0 Å². The fourth-order valence-electron chi connectivity index (χ4n) is 3.17. The summed E-state index contributed by atoms with van der Waals surface area (Å²) in [6.45, 7) is 5.80. The standard InChI is InChI=1S/C24H25FN2O3S/c1-16-5-4-6-22(18(16)3)27-31(29,30)23-15-20(10-7-17(23)2)24(28)26-14-13-19-8-11-21(25)12-9-19/h4-12,15,27H,13-14H2,1-3H3,(H,26,28). The number of anilines is 1. The van der Waals surface area contributed by atoms with Crippen LogP contribution < -0.4 is 10.0 Å². The van der Waals surface area contributed by atoms with Crippen molar-refractivity contribution >= 4 is 21.6 Å². The molecule has 0 atom stereocenters. The first-order chi connectivity index (χ1) is 14.7. The van der Waals surface area contributed by atoms with Gasteiger partial charge in [0.2, 0.25) is 0 Å². The van der Waals surface area contributed by atoms with E-state index in [9.17, 15) is 17.6 Å². The van der Waals surface area contributed by atoms with E-state index in [1.807, 2.05) is 19.9 Å². The average molecular weight is 441 g/mol. The van der Waals surface area contributed by atoms with Gasteiger partial charge in [-0.05, 0) is 79.8 Å². The predicted octanol–water partition coefficient (Wildman–Crippen LogP) is 4.52. The zero-order chi connectivity index (χ0) is 22.6. The summed E-state index contributed by atoms with van der Waals surface area (Å²) >= 11 is 0. The lowest BCUT2D eigenvalue weighted by molar-refractivity contribution is 0.0954. The number of hydrogen-bond donors (Lipinski definition) is 2. The number of benzene rings is 3. The molecular formula is C24H25FN2O3S. The highest BCUT2D eigenvalue weighted by atomic mass is 32.2. The summed E-state index contributed by atoms with van der Waals surface area (Å²) in [5.74, 6) is -0.680. The molecule has 0 heterocycles. The smallest absolute Gasteiger partial charge is 0.262 e. The summed E-state index contributed by atoms with van der Waals surface area (Å²) in [4.78, 5) is 12.6. The van der Waals surface area contributed by atoms with E-state index in [0.29, 0.717) is 24.2 Å². The maximum absolute atomic E-state index is 13.0. The molecule has 0 aromatic heterocycles. The van der Waals surface area contributed by atoms with Crippen LogP contribution in [0.3, 0.4) is 0 Å². The van der Waals surface area contributed by atoms with Gasteiger partial charge in [-0.3, -0.25) is 9.52 Å². The molecule has 162 valence electrons. The van der Waals surface area contributed by atoms with Crippen LogP contribution in [-0.2, 0) is 16.4 Å². The Hall–Kier alpha value is -3.19.